The third-order valence-corrected chi connectivity index (χ3v) is 4.40. The molecule has 2 rings (SSSR count). The van der Waals surface area contributed by atoms with E-state index in [1.165, 1.54) is 7.11 Å². The molecule has 1 N–H and O–H groups in total. The highest BCUT2D eigenvalue weighted by molar-refractivity contribution is 5.84. The van der Waals surface area contributed by atoms with E-state index in [0.29, 0.717) is 32.5 Å². The van der Waals surface area contributed by atoms with Crippen molar-refractivity contribution in [1.29, 1.82) is 0 Å². The van der Waals surface area contributed by atoms with E-state index in [1.54, 1.807) is 16.8 Å². The van der Waals surface area contributed by atoms with Crippen LogP contribution in [0.4, 0.5) is 4.79 Å². The molecule has 0 aliphatic carbocycles. The second-order valence-electron chi connectivity index (χ2n) is 6.18. The Bertz CT molecular complexity index is 598. The summed E-state index contributed by atoms with van der Waals surface area (Å²) in [7, 11) is 3.09. The summed E-state index contributed by atoms with van der Waals surface area (Å²) >= 11 is 0. The number of nitrogens with zero attached hydrogens (tertiary/aromatic N) is 2. The molecule has 1 fully saturated rings. The maximum absolute atomic E-state index is 12.2. The van der Waals surface area contributed by atoms with E-state index in [2.05, 4.69) is 5.32 Å². The summed E-state index contributed by atoms with van der Waals surface area (Å²) in [6.45, 7) is 1.43. The molecular formula is C18H25N3O4. The number of carbonyl (C=O) groups excluding carboxylic acids is 3. The first-order valence-electron chi connectivity index (χ1n) is 8.39. The van der Waals surface area contributed by atoms with Crippen molar-refractivity contribution < 1.29 is 19.1 Å². The number of likely N-dealkylation sites (tertiary alicyclic amines) is 1. The number of rotatable bonds is 5. The molecule has 0 saturated carbocycles. The van der Waals surface area contributed by atoms with Crippen LogP contribution in [0.1, 0.15) is 18.4 Å². The molecule has 0 spiro atoms. The molecule has 0 bridgehead atoms. The first-order valence-corrected chi connectivity index (χ1v) is 8.39. The minimum absolute atomic E-state index is 0.0426. The zero-order valence-electron chi connectivity index (χ0n) is 14.7. The quantitative estimate of drug-likeness (QED) is 0.813. The van der Waals surface area contributed by atoms with Gasteiger partial charge in [0.25, 0.3) is 0 Å². The molecule has 0 radical (unpaired) electrons. The SMILES string of the molecule is COC(=O)C1CCN(C(=O)NCC(=O)N(C)Cc2ccccc2)CC1. The molecule has 0 atom stereocenters. The van der Waals surface area contributed by atoms with Crippen LogP contribution in [0.25, 0.3) is 0 Å². The van der Waals surface area contributed by atoms with Crippen LogP contribution in [0.2, 0.25) is 0 Å². The largest absolute Gasteiger partial charge is 0.469 e. The molecule has 1 saturated heterocycles. The third-order valence-electron chi connectivity index (χ3n) is 4.40. The molecule has 0 aromatic heterocycles. The monoisotopic (exact) mass is 347 g/mol. The number of hydrogen-bond acceptors (Lipinski definition) is 4. The number of hydrogen-bond donors (Lipinski definition) is 1. The van der Waals surface area contributed by atoms with Gasteiger partial charge < -0.3 is 19.9 Å². The Labute approximate surface area is 147 Å². The third kappa shape index (κ3) is 5.48. The van der Waals surface area contributed by atoms with E-state index >= 15 is 0 Å². The highest BCUT2D eigenvalue weighted by Crippen LogP contribution is 2.18. The topological polar surface area (TPSA) is 79.0 Å². The van der Waals surface area contributed by atoms with Crippen molar-refractivity contribution in [2.75, 3.05) is 33.8 Å². The lowest BCUT2D eigenvalue weighted by Gasteiger charge is -2.30. The summed E-state index contributed by atoms with van der Waals surface area (Å²) in [5, 5.41) is 2.66. The zero-order valence-corrected chi connectivity index (χ0v) is 14.7. The molecule has 136 valence electrons. The average Bonchev–Trinajstić information content (AvgIpc) is 2.66. The fourth-order valence-electron chi connectivity index (χ4n) is 2.83. The van der Waals surface area contributed by atoms with Gasteiger partial charge in [-0.25, -0.2) is 4.79 Å². The molecule has 1 heterocycles. The van der Waals surface area contributed by atoms with Gasteiger partial charge in [0, 0.05) is 26.7 Å². The summed E-state index contributed by atoms with van der Waals surface area (Å²) in [6.07, 6.45) is 1.17. The Kier molecular flexibility index (Phi) is 6.80. The summed E-state index contributed by atoms with van der Waals surface area (Å²) in [5.41, 5.74) is 1.04. The number of urea groups is 1. The second kappa shape index (κ2) is 9.05. The molecule has 0 unspecified atom stereocenters. The maximum atomic E-state index is 12.2. The van der Waals surface area contributed by atoms with Crippen LogP contribution in [0.15, 0.2) is 30.3 Å². The van der Waals surface area contributed by atoms with Gasteiger partial charge in [-0.3, -0.25) is 9.59 Å². The number of likely N-dealkylation sites (N-methyl/N-ethyl adjacent to an activating group) is 1. The molecule has 25 heavy (non-hydrogen) atoms. The first-order chi connectivity index (χ1) is 12.0. The number of esters is 1. The van der Waals surface area contributed by atoms with Crippen molar-refractivity contribution in [1.82, 2.24) is 15.1 Å². The van der Waals surface area contributed by atoms with Gasteiger partial charge in [0.2, 0.25) is 5.91 Å². The van der Waals surface area contributed by atoms with E-state index in [1.807, 2.05) is 30.3 Å². The van der Waals surface area contributed by atoms with E-state index in [9.17, 15) is 14.4 Å². The van der Waals surface area contributed by atoms with Crippen LogP contribution in [0.3, 0.4) is 0 Å². The summed E-state index contributed by atoms with van der Waals surface area (Å²) < 4.78 is 4.73. The zero-order chi connectivity index (χ0) is 18.2. The van der Waals surface area contributed by atoms with E-state index in [4.69, 9.17) is 4.74 Å². The van der Waals surface area contributed by atoms with Crippen LogP contribution in [-0.2, 0) is 20.9 Å². The molecule has 1 aliphatic heterocycles. The molecule has 1 aliphatic rings. The number of benzene rings is 1. The Morgan fingerprint density at radius 3 is 2.44 bits per heavy atom. The van der Waals surface area contributed by atoms with Crippen LogP contribution in [-0.4, -0.2) is 61.5 Å². The number of nitrogens with one attached hydrogen (secondary N) is 1. The highest BCUT2D eigenvalue weighted by Gasteiger charge is 2.28. The predicted molar refractivity (Wildman–Crippen MR) is 92.6 cm³/mol. The fourth-order valence-corrected chi connectivity index (χ4v) is 2.83. The van der Waals surface area contributed by atoms with Crippen molar-refractivity contribution in [2.45, 2.75) is 19.4 Å². The van der Waals surface area contributed by atoms with Gasteiger partial charge in [0.1, 0.15) is 0 Å². The number of ether oxygens (including phenoxy) is 1. The average molecular weight is 347 g/mol. The summed E-state index contributed by atoms with van der Waals surface area (Å²) in [4.78, 5) is 39.0. The van der Waals surface area contributed by atoms with Crippen molar-refractivity contribution in [2.24, 2.45) is 5.92 Å². The lowest BCUT2D eigenvalue weighted by Crippen LogP contribution is -2.48. The van der Waals surface area contributed by atoms with Gasteiger partial charge in [-0.05, 0) is 18.4 Å². The van der Waals surface area contributed by atoms with Crippen LogP contribution in [0.5, 0.6) is 0 Å². The first kappa shape index (κ1) is 18.8. The molecule has 3 amide bonds. The molecule has 7 heteroatoms. The fraction of sp³-hybridized carbons (Fsp3) is 0.500. The molecule has 7 nitrogen and oxygen atoms in total. The summed E-state index contributed by atoms with van der Waals surface area (Å²) in [5.74, 6) is -0.521. The Balaban J connectivity index is 1.72. The minimum Gasteiger partial charge on any atom is -0.469 e. The van der Waals surface area contributed by atoms with Gasteiger partial charge in [0.15, 0.2) is 0 Å². The predicted octanol–water partition coefficient (Wildman–Crippen LogP) is 1.24. The van der Waals surface area contributed by atoms with Gasteiger partial charge in [-0.1, -0.05) is 30.3 Å². The number of carbonyl (C=O) groups is 3. The van der Waals surface area contributed by atoms with E-state index < -0.39 is 0 Å². The van der Waals surface area contributed by atoms with Crippen molar-refractivity contribution in [3.8, 4) is 0 Å². The molecule has 1 aromatic carbocycles. The van der Waals surface area contributed by atoms with E-state index in [-0.39, 0.29) is 30.4 Å². The minimum atomic E-state index is -0.273. The van der Waals surface area contributed by atoms with Crippen molar-refractivity contribution in [3.05, 3.63) is 35.9 Å². The lowest BCUT2D eigenvalue weighted by molar-refractivity contribution is -0.146. The van der Waals surface area contributed by atoms with Crippen LogP contribution in [0, 0.1) is 5.92 Å². The Morgan fingerprint density at radius 2 is 1.84 bits per heavy atom. The lowest BCUT2D eigenvalue weighted by atomic mass is 9.97. The summed E-state index contributed by atoms with van der Waals surface area (Å²) in [6, 6.07) is 9.40. The van der Waals surface area contributed by atoms with Crippen LogP contribution >= 0.6 is 0 Å². The van der Waals surface area contributed by atoms with Gasteiger partial charge in [0.05, 0.1) is 19.6 Å². The van der Waals surface area contributed by atoms with Gasteiger partial charge in [-0.15, -0.1) is 0 Å². The molecular weight excluding hydrogens is 322 g/mol. The van der Waals surface area contributed by atoms with Crippen molar-refractivity contribution >= 4 is 17.9 Å². The Hall–Kier alpha value is -2.57. The van der Waals surface area contributed by atoms with Crippen molar-refractivity contribution in [3.63, 3.8) is 0 Å². The maximum Gasteiger partial charge on any atom is 0.317 e. The highest BCUT2D eigenvalue weighted by atomic mass is 16.5. The van der Waals surface area contributed by atoms with Gasteiger partial charge >= 0.3 is 12.0 Å². The van der Waals surface area contributed by atoms with Crippen LogP contribution < -0.4 is 5.32 Å². The normalized spacial score (nSPS) is 14.7. The smallest absolute Gasteiger partial charge is 0.317 e. The number of amides is 3. The standard InChI is InChI=1S/C18H25N3O4/c1-20(13-14-6-4-3-5-7-14)16(22)12-19-18(24)21-10-8-15(9-11-21)17(23)25-2/h3-7,15H,8-13H2,1-2H3,(H,19,24). The Morgan fingerprint density at radius 1 is 1.20 bits per heavy atom. The van der Waals surface area contributed by atoms with E-state index in [0.717, 1.165) is 5.56 Å². The number of methoxy groups -OCH3 is 1. The van der Waals surface area contributed by atoms with Gasteiger partial charge in [-0.2, -0.15) is 0 Å². The molecule has 1 aromatic rings. The number of piperidine rings is 1. The second-order valence-corrected chi connectivity index (χ2v) is 6.18.